The van der Waals surface area contributed by atoms with Crippen molar-refractivity contribution in [2.75, 3.05) is 36.4 Å². The number of nitrogens with zero attached hydrogens (tertiary/aromatic N) is 3. The number of amides is 2. The van der Waals surface area contributed by atoms with Crippen LogP contribution in [0.2, 0.25) is 0 Å². The maximum Gasteiger partial charge on any atom is 0.426 e. The molecule has 0 radical (unpaired) electrons. The average molecular weight is 555 g/mol. The summed E-state index contributed by atoms with van der Waals surface area (Å²) in [6, 6.07) is 12.0. The molecule has 14 heteroatoms. The molecule has 1 aromatic carbocycles. The molecule has 4 rings (SSSR count). The van der Waals surface area contributed by atoms with E-state index in [2.05, 4.69) is 15.3 Å². The lowest BCUT2D eigenvalue weighted by Crippen LogP contribution is -2.60. The predicted molar refractivity (Wildman–Crippen MR) is 129 cm³/mol. The first-order valence-electron chi connectivity index (χ1n) is 11.6. The molecular formula is C25H23F6N5O3. The van der Waals surface area contributed by atoms with Gasteiger partial charge in [0.25, 0.3) is 11.8 Å². The fraction of sp³-hybridized carbons (Fsp3) is 0.320. The molecule has 8 nitrogen and oxygen atoms in total. The predicted octanol–water partition coefficient (Wildman–Crippen LogP) is 4.31. The number of alkyl halides is 6. The Hall–Kier alpha value is -4.07. The molecule has 1 saturated heterocycles. The quantitative estimate of drug-likeness (QED) is 0.408. The summed E-state index contributed by atoms with van der Waals surface area (Å²) in [5, 5.41) is 12.0. The van der Waals surface area contributed by atoms with Crippen LogP contribution in [0.3, 0.4) is 0 Å². The Bertz CT molecular complexity index is 1330. The van der Waals surface area contributed by atoms with E-state index in [1.165, 1.54) is 18.3 Å². The van der Waals surface area contributed by atoms with Crippen LogP contribution in [0.5, 0.6) is 0 Å². The third-order valence-electron chi connectivity index (χ3n) is 6.30. The zero-order valence-corrected chi connectivity index (χ0v) is 20.4. The van der Waals surface area contributed by atoms with E-state index in [9.17, 15) is 41.0 Å². The lowest BCUT2D eigenvalue weighted by Gasteiger charge is -2.38. The van der Waals surface area contributed by atoms with Gasteiger partial charge in [0.1, 0.15) is 11.5 Å². The summed E-state index contributed by atoms with van der Waals surface area (Å²) in [6.07, 6.45) is -8.67. The minimum absolute atomic E-state index is 0.0952. The number of rotatable bonds is 5. The van der Waals surface area contributed by atoms with Crippen LogP contribution in [0.15, 0.2) is 54.7 Å². The van der Waals surface area contributed by atoms with E-state index in [0.29, 0.717) is 18.3 Å². The minimum Gasteiger partial charge on any atom is -0.373 e. The molecule has 3 heterocycles. The van der Waals surface area contributed by atoms with Crippen molar-refractivity contribution in [1.82, 2.24) is 14.9 Å². The zero-order chi connectivity index (χ0) is 28.6. The van der Waals surface area contributed by atoms with Gasteiger partial charge >= 0.3 is 12.4 Å². The molecule has 1 atom stereocenters. The van der Waals surface area contributed by atoms with Crippen LogP contribution in [0.25, 0.3) is 11.3 Å². The molecule has 2 aromatic heterocycles. The zero-order valence-electron chi connectivity index (χ0n) is 20.4. The second kappa shape index (κ2) is 10.2. The van der Waals surface area contributed by atoms with Gasteiger partial charge in [0, 0.05) is 31.9 Å². The number of H-pyrrole nitrogens is 1. The van der Waals surface area contributed by atoms with E-state index in [1.54, 1.807) is 35.2 Å². The summed E-state index contributed by atoms with van der Waals surface area (Å²) in [4.78, 5) is 34.2. The standard InChI is InChI=1S/C25H23F6N5O3/c1-23(39,25(29,30)31)22(38)36-11-9-35(10-12-36)19-8-7-16(14-32-19)33-21(37)20-17(24(26,27)28)13-18(34-20)15-5-3-2-4-6-15/h2-8,13-14,34,39H,9-12H2,1H3,(H,33,37). The van der Waals surface area contributed by atoms with Crippen LogP contribution in [0.4, 0.5) is 37.8 Å². The highest BCUT2D eigenvalue weighted by Gasteiger charge is 2.57. The molecule has 0 aliphatic carbocycles. The molecule has 1 aliphatic heterocycles. The summed E-state index contributed by atoms with van der Waals surface area (Å²) in [5.74, 6) is -2.09. The normalized spacial score (nSPS) is 16.1. The Kier molecular flexibility index (Phi) is 7.34. The number of carbonyl (C=O) groups excluding carboxylic acids is 2. The number of halogens is 6. The highest BCUT2D eigenvalue weighted by molar-refractivity contribution is 6.04. The van der Waals surface area contributed by atoms with Crippen LogP contribution >= 0.6 is 0 Å². The maximum absolute atomic E-state index is 13.6. The van der Waals surface area contributed by atoms with E-state index in [4.69, 9.17) is 0 Å². The van der Waals surface area contributed by atoms with Crippen molar-refractivity contribution in [1.29, 1.82) is 0 Å². The highest BCUT2D eigenvalue weighted by atomic mass is 19.4. The van der Waals surface area contributed by atoms with Crippen molar-refractivity contribution in [2.45, 2.75) is 24.9 Å². The number of aliphatic hydroxyl groups is 1. The number of hydrogen-bond acceptors (Lipinski definition) is 5. The number of aromatic amines is 1. The molecule has 0 bridgehead atoms. The minimum atomic E-state index is -5.12. The third-order valence-corrected chi connectivity index (χ3v) is 6.30. The lowest BCUT2D eigenvalue weighted by atomic mass is 10.0. The molecule has 0 spiro atoms. The second-order valence-corrected chi connectivity index (χ2v) is 9.04. The van der Waals surface area contributed by atoms with Crippen molar-refractivity contribution < 1.29 is 41.0 Å². The number of nitrogens with one attached hydrogen (secondary N) is 2. The Labute approximate surface area is 218 Å². The maximum atomic E-state index is 13.6. The first-order chi connectivity index (χ1) is 18.2. The number of carbonyl (C=O) groups is 2. The number of hydrogen-bond donors (Lipinski definition) is 3. The summed E-state index contributed by atoms with van der Waals surface area (Å²) in [5.41, 5.74) is -4.59. The topological polar surface area (TPSA) is 102 Å². The van der Waals surface area contributed by atoms with Crippen molar-refractivity contribution in [2.24, 2.45) is 0 Å². The Morgan fingerprint density at radius 3 is 2.15 bits per heavy atom. The van der Waals surface area contributed by atoms with Gasteiger partial charge in [0.05, 0.1) is 17.4 Å². The van der Waals surface area contributed by atoms with Crippen LogP contribution in [-0.2, 0) is 11.0 Å². The average Bonchev–Trinajstić information content (AvgIpc) is 3.35. The van der Waals surface area contributed by atoms with Crippen molar-refractivity contribution in [3.63, 3.8) is 0 Å². The molecule has 208 valence electrons. The summed E-state index contributed by atoms with van der Waals surface area (Å²) >= 11 is 0. The molecule has 1 aliphatic rings. The number of anilines is 2. The van der Waals surface area contributed by atoms with E-state index >= 15 is 0 Å². The molecule has 0 saturated carbocycles. The van der Waals surface area contributed by atoms with Gasteiger partial charge in [-0.15, -0.1) is 0 Å². The highest BCUT2D eigenvalue weighted by Crippen LogP contribution is 2.36. The van der Waals surface area contributed by atoms with E-state index in [-0.39, 0.29) is 37.6 Å². The first-order valence-corrected chi connectivity index (χ1v) is 11.6. The van der Waals surface area contributed by atoms with Crippen molar-refractivity contribution >= 4 is 23.3 Å². The first kappa shape index (κ1) is 28.0. The van der Waals surface area contributed by atoms with Crippen LogP contribution in [-0.4, -0.2) is 69.7 Å². The molecule has 1 unspecified atom stereocenters. The Morgan fingerprint density at radius 2 is 1.62 bits per heavy atom. The number of benzene rings is 1. The van der Waals surface area contributed by atoms with Gasteiger partial charge in [-0.3, -0.25) is 9.59 Å². The van der Waals surface area contributed by atoms with Crippen molar-refractivity contribution in [3.05, 3.63) is 66.0 Å². The van der Waals surface area contributed by atoms with Crippen LogP contribution < -0.4 is 10.2 Å². The van der Waals surface area contributed by atoms with Gasteiger partial charge in [0.15, 0.2) is 0 Å². The Morgan fingerprint density at radius 1 is 0.974 bits per heavy atom. The second-order valence-electron chi connectivity index (χ2n) is 9.04. The van der Waals surface area contributed by atoms with Gasteiger partial charge in [-0.1, -0.05) is 30.3 Å². The monoisotopic (exact) mass is 555 g/mol. The smallest absolute Gasteiger partial charge is 0.373 e. The molecule has 2 amide bonds. The number of pyridine rings is 1. The van der Waals surface area contributed by atoms with E-state index in [1.807, 2.05) is 0 Å². The largest absolute Gasteiger partial charge is 0.426 e. The molecular weight excluding hydrogens is 532 g/mol. The molecule has 3 aromatic rings. The Balaban J connectivity index is 1.42. The van der Waals surface area contributed by atoms with Gasteiger partial charge in [-0.05, 0) is 30.7 Å². The van der Waals surface area contributed by atoms with Gasteiger partial charge in [0.2, 0.25) is 5.60 Å². The van der Waals surface area contributed by atoms with Gasteiger partial charge in [-0.25, -0.2) is 4.98 Å². The van der Waals surface area contributed by atoms with Crippen LogP contribution in [0.1, 0.15) is 23.0 Å². The van der Waals surface area contributed by atoms with Gasteiger partial charge in [-0.2, -0.15) is 26.3 Å². The summed E-state index contributed by atoms with van der Waals surface area (Å²) in [6.45, 7) is 0.462. The summed E-state index contributed by atoms with van der Waals surface area (Å²) < 4.78 is 79.8. The molecule has 39 heavy (non-hydrogen) atoms. The third kappa shape index (κ3) is 5.85. The fourth-order valence-corrected chi connectivity index (χ4v) is 4.04. The lowest BCUT2D eigenvalue weighted by molar-refractivity contribution is -0.250. The summed E-state index contributed by atoms with van der Waals surface area (Å²) in [7, 11) is 0. The fourth-order valence-electron chi connectivity index (χ4n) is 4.04. The van der Waals surface area contributed by atoms with E-state index in [0.717, 1.165) is 11.0 Å². The molecule has 3 N–H and O–H groups in total. The SMILES string of the molecule is CC(O)(C(=O)N1CCN(c2ccc(NC(=O)c3[nH]c(-c4ccccc4)cc3C(F)(F)F)cn2)CC1)C(F)(F)F. The molecule has 1 fully saturated rings. The van der Waals surface area contributed by atoms with Crippen molar-refractivity contribution in [3.8, 4) is 11.3 Å². The number of piperazine rings is 1. The van der Waals surface area contributed by atoms with Gasteiger partial charge < -0.3 is 25.2 Å². The van der Waals surface area contributed by atoms with E-state index < -0.39 is 41.0 Å². The van der Waals surface area contributed by atoms with Crippen LogP contribution in [0, 0.1) is 0 Å². The number of aromatic nitrogens is 2.